The van der Waals surface area contributed by atoms with Gasteiger partial charge in [0.25, 0.3) is 17.7 Å². The van der Waals surface area contributed by atoms with Crippen LogP contribution in [0.2, 0.25) is 0 Å². The lowest BCUT2D eigenvalue weighted by molar-refractivity contribution is -0.149. The summed E-state index contributed by atoms with van der Waals surface area (Å²) in [5.74, 6) is -3.03. The first-order valence-electron chi connectivity index (χ1n) is 8.38. The number of anilines is 1. The molecule has 0 spiro atoms. The molecule has 1 saturated heterocycles. The Balaban J connectivity index is 1.91. The number of rotatable bonds is 1. The molecule has 2 aliphatic heterocycles. The molecule has 2 heterocycles. The quantitative estimate of drug-likeness (QED) is 0.581. The van der Waals surface area contributed by atoms with Crippen molar-refractivity contribution in [2.75, 3.05) is 5.73 Å². The average Bonchev–Trinajstić information content (AvgIpc) is 2.77. The molecule has 3 rings (SSSR count). The van der Waals surface area contributed by atoms with E-state index in [9.17, 15) is 24.0 Å². The number of ether oxygens (including phenoxy) is 1. The molecule has 2 N–H and O–H groups in total. The number of carbonyl (C=O) groups excluding carboxylic acids is 5. The Kier molecular flexibility index (Phi) is 4.25. The highest BCUT2D eigenvalue weighted by Crippen LogP contribution is 2.30. The summed E-state index contributed by atoms with van der Waals surface area (Å²) in [4.78, 5) is 63.7. The van der Waals surface area contributed by atoms with Crippen LogP contribution in [0.3, 0.4) is 0 Å². The second-order valence-electron chi connectivity index (χ2n) is 7.39. The first-order chi connectivity index (χ1) is 12.5. The summed E-state index contributed by atoms with van der Waals surface area (Å²) in [7, 11) is 0. The molecule has 0 saturated carbocycles. The van der Waals surface area contributed by atoms with Gasteiger partial charge in [-0.2, -0.15) is 4.90 Å². The molecule has 9 heteroatoms. The normalized spacial score (nSPS) is 20.2. The first kappa shape index (κ1) is 18.6. The monoisotopic (exact) mass is 373 g/mol. The molecule has 5 amide bonds. The maximum Gasteiger partial charge on any atom is 0.424 e. The van der Waals surface area contributed by atoms with Gasteiger partial charge in [-0.3, -0.25) is 24.1 Å². The largest absolute Gasteiger partial charge is 0.443 e. The number of nitrogens with two attached hydrogens (primary N) is 1. The summed E-state index contributed by atoms with van der Waals surface area (Å²) in [6, 6.07) is 2.99. The molecule has 1 aromatic rings. The van der Waals surface area contributed by atoms with Gasteiger partial charge in [-0.25, -0.2) is 4.79 Å². The van der Waals surface area contributed by atoms with Crippen molar-refractivity contribution < 1.29 is 28.7 Å². The Morgan fingerprint density at radius 2 is 1.74 bits per heavy atom. The van der Waals surface area contributed by atoms with Crippen molar-refractivity contribution in [2.24, 2.45) is 0 Å². The number of likely N-dealkylation sites (tertiary alicyclic amines) is 1. The molecule has 0 aliphatic carbocycles. The van der Waals surface area contributed by atoms with Crippen molar-refractivity contribution in [3.05, 3.63) is 29.3 Å². The number of carbonyl (C=O) groups is 5. The predicted molar refractivity (Wildman–Crippen MR) is 92.5 cm³/mol. The first-order valence-corrected chi connectivity index (χ1v) is 8.38. The highest BCUT2D eigenvalue weighted by Gasteiger charge is 2.49. The lowest BCUT2D eigenvalue weighted by atomic mass is 10.0. The van der Waals surface area contributed by atoms with E-state index in [1.807, 2.05) is 0 Å². The fourth-order valence-corrected chi connectivity index (χ4v) is 3.07. The second kappa shape index (κ2) is 6.19. The standard InChI is InChI=1S/C18H19N3O6/c1-18(2,3)27-17(26)21-13(22)7-6-12(16(21)25)20-14(23)10-5-4-9(19)8-11(10)15(20)24/h4-5,8,12H,6-7,19H2,1-3H3. The number of nitrogens with zero attached hydrogens (tertiary/aromatic N) is 2. The molecule has 0 aromatic heterocycles. The maximum atomic E-state index is 12.8. The van der Waals surface area contributed by atoms with Gasteiger partial charge in [0, 0.05) is 12.1 Å². The van der Waals surface area contributed by atoms with E-state index in [-0.39, 0.29) is 24.0 Å². The molecule has 1 unspecified atom stereocenters. The van der Waals surface area contributed by atoms with E-state index in [0.29, 0.717) is 10.6 Å². The molecule has 1 aromatic carbocycles. The van der Waals surface area contributed by atoms with Crippen molar-refractivity contribution in [1.82, 2.24) is 9.80 Å². The van der Waals surface area contributed by atoms with E-state index in [1.165, 1.54) is 18.2 Å². The van der Waals surface area contributed by atoms with Crippen LogP contribution in [0.15, 0.2) is 18.2 Å². The number of amides is 5. The Hall–Kier alpha value is -3.23. The Morgan fingerprint density at radius 1 is 1.11 bits per heavy atom. The highest BCUT2D eigenvalue weighted by atomic mass is 16.6. The number of benzene rings is 1. The third-order valence-electron chi connectivity index (χ3n) is 4.22. The number of fused-ring (bicyclic) bond motifs is 1. The minimum atomic E-state index is -1.26. The van der Waals surface area contributed by atoms with Gasteiger partial charge in [0.15, 0.2) is 0 Å². The maximum absolute atomic E-state index is 12.8. The number of hydrogen-bond donors (Lipinski definition) is 1. The minimum absolute atomic E-state index is 0.0576. The van der Waals surface area contributed by atoms with Crippen molar-refractivity contribution in [1.29, 1.82) is 0 Å². The fourth-order valence-electron chi connectivity index (χ4n) is 3.07. The zero-order chi connectivity index (χ0) is 20.1. The van der Waals surface area contributed by atoms with Crippen molar-refractivity contribution in [2.45, 2.75) is 45.3 Å². The highest BCUT2D eigenvalue weighted by molar-refractivity contribution is 6.24. The zero-order valence-electron chi connectivity index (χ0n) is 15.1. The van der Waals surface area contributed by atoms with Crippen molar-refractivity contribution in [3.63, 3.8) is 0 Å². The molecular weight excluding hydrogens is 354 g/mol. The van der Waals surface area contributed by atoms with Crippen LogP contribution >= 0.6 is 0 Å². The van der Waals surface area contributed by atoms with Crippen LogP contribution in [-0.4, -0.2) is 51.2 Å². The fraction of sp³-hybridized carbons (Fsp3) is 0.389. The molecule has 2 aliphatic rings. The van der Waals surface area contributed by atoms with E-state index >= 15 is 0 Å². The molecule has 1 fully saturated rings. The third-order valence-corrected chi connectivity index (χ3v) is 4.22. The summed E-state index contributed by atoms with van der Waals surface area (Å²) in [6.45, 7) is 4.78. The number of nitrogen functional groups attached to an aromatic ring is 1. The summed E-state index contributed by atoms with van der Waals surface area (Å²) in [5.41, 5.74) is 5.27. The molecular formula is C18H19N3O6. The van der Waals surface area contributed by atoms with E-state index in [4.69, 9.17) is 10.5 Å². The molecule has 0 bridgehead atoms. The van der Waals surface area contributed by atoms with E-state index < -0.39 is 41.4 Å². The molecule has 0 radical (unpaired) electrons. The van der Waals surface area contributed by atoms with Gasteiger partial charge >= 0.3 is 6.09 Å². The van der Waals surface area contributed by atoms with E-state index in [2.05, 4.69) is 0 Å². The Morgan fingerprint density at radius 3 is 2.37 bits per heavy atom. The molecule has 9 nitrogen and oxygen atoms in total. The number of hydrogen-bond acceptors (Lipinski definition) is 7. The smallest absolute Gasteiger partial charge is 0.424 e. The van der Waals surface area contributed by atoms with Crippen molar-refractivity contribution in [3.8, 4) is 0 Å². The number of piperidine rings is 1. The van der Waals surface area contributed by atoms with Gasteiger partial charge in [-0.15, -0.1) is 0 Å². The summed E-state index contributed by atoms with van der Waals surface area (Å²) in [5, 5.41) is 0. The van der Waals surface area contributed by atoms with Crippen LogP contribution in [0.4, 0.5) is 10.5 Å². The van der Waals surface area contributed by atoms with Crippen LogP contribution in [0, 0.1) is 0 Å². The Labute approximate surface area is 155 Å². The SMILES string of the molecule is CC(C)(C)OC(=O)N1C(=O)CCC(N2C(=O)c3ccc(N)cc3C2=O)C1=O. The van der Waals surface area contributed by atoms with E-state index in [1.54, 1.807) is 20.8 Å². The summed E-state index contributed by atoms with van der Waals surface area (Å²) in [6.07, 6.45) is -1.36. The predicted octanol–water partition coefficient (Wildman–Crippen LogP) is 1.32. The summed E-state index contributed by atoms with van der Waals surface area (Å²) >= 11 is 0. The van der Waals surface area contributed by atoms with Crippen molar-refractivity contribution >= 4 is 35.4 Å². The topological polar surface area (TPSA) is 127 Å². The van der Waals surface area contributed by atoms with E-state index in [0.717, 1.165) is 4.90 Å². The van der Waals surface area contributed by atoms with Gasteiger partial charge < -0.3 is 10.5 Å². The van der Waals surface area contributed by atoms with Gasteiger partial charge in [0.2, 0.25) is 5.91 Å². The van der Waals surface area contributed by atoms with Gasteiger partial charge in [0.05, 0.1) is 11.1 Å². The van der Waals surface area contributed by atoms with Crippen LogP contribution in [0.5, 0.6) is 0 Å². The van der Waals surface area contributed by atoms with Crippen LogP contribution in [0.1, 0.15) is 54.3 Å². The minimum Gasteiger partial charge on any atom is -0.443 e. The van der Waals surface area contributed by atoms with Crippen LogP contribution in [0.25, 0.3) is 0 Å². The average molecular weight is 373 g/mol. The molecule has 142 valence electrons. The van der Waals surface area contributed by atoms with Crippen LogP contribution in [-0.2, 0) is 14.3 Å². The van der Waals surface area contributed by atoms with Gasteiger partial charge in [0.1, 0.15) is 11.6 Å². The van der Waals surface area contributed by atoms with Crippen LogP contribution < -0.4 is 5.73 Å². The van der Waals surface area contributed by atoms with Gasteiger partial charge in [-0.05, 0) is 45.4 Å². The summed E-state index contributed by atoms with van der Waals surface area (Å²) < 4.78 is 5.10. The molecule has 27 heavy (non-hydrogen) atoms. The third kappa shape index (κ3) is 3.16. The van der Waals surface area contributed by atoms with Gasteiger partial charge in [-0.1, -0.05) is 0 Å². The second-order valence-corrected chi connectivity index (χ2v) is 7.39. The lowest BCUT2D eigenvalue weighted by Crippen LogP contribution is -2.58. The zero-order valence-corrected chi connectivity index (χ0v) is 15.1. The Bertz CT molecular complexity index is 886. The molecule has 1 atom stereocenters. The number of imide groups is 4. The lowest BCUT2D eigenvalue weighted by Gasteiger charge is -2.34.